The van der Waals surface area contributed by atoms with Crippen LogP contribution in [0.15, 0.2) is 66.8 Å². The van der Waals surface area contributed by atoms with Crippen molar-refractivity contribution in [3.8, 4) is 17.2 Å². The predicted molar refractivity (Wildman–Crippen MR) is 140 cm³/mol. The first-order valence-electron chi connectivity index (χ1n) is 12.9. The van der Waals surface area contributed by atoms with Crippen molar-refractivity contribution in [1.29, 1.82) is 0 Å². The van der Waals surface area contributed by atoms with Gasteiger partial charge in [-0.2, -0.15) is 0 Å². The molecule has 1 atom stereocenters. The van der Waals surface area contributed by atoms with Gasteiger partial charge in [0.2, 0.25) is 0 Å². The first kappa shape index (κ1) is 25.4. The Hall–Kier alpha value is -4.27. The van der Waals surface area contributed by atoms with Gasteiger partial charge in [0.15, 0.2) is 11.5 Å². The third kappa shape index (κ3) is 5.22. The number of amides is 1. The average molecular weight is 518 g/mol. The van der Waals surface area contributed by atoms with Gasteiger partial charge < -0.3 is 28.8 Å². The molecule has 0 spiro atoms. The Morgan fingerprint density at radius 3 is 2.71 bits per heavy atom. The maximum atomic E-state index is 13.4. The Bertz CT molecular complexity index is 1330. The van der Waals surface area contributed by atoms with Gasteiger partial charge in [0.05, 0.1) is 24.5 Å². The molecule has 0 radical (unpaired) electrons. The molecule has 1 aromatic heterocycles. The average Bonchev–Trinajstić information content (AvgIpc) is 3.55. The van der Waals surface area contributed by atoms with E-state index in [0.717, 1.165) is 12.8 Å². The van der Waals surface area contributed by atoms with E-state index >= 15 is 0 Å². The number of rotatable bonds is 10. The van der Waals surface area contributed by atoms with Crippen LogP contribution in [0.1, 0.15) is 43.4 Å². The lowest BCUT2D eigenvalue weighted by Crippen LogP contribution is -2.31. The van der Waals surface area contributed by atoms with E-state index in [1.165, 1.54) is 4.90 Å². The minimum Gasteiger partial charge on any atom is -0.507 e. The minimum atomic E-state index is -0.763. The molecule has 0 aliphatic carbocycles. The molecule has 0 bridgehead atoms. The number of nitrogens with zero attached hydrogens (tertiary/aromatic N) is 3. The van der Waals surface area contributed by atoms with Crippen LogP contribution in [0.25, 0.3) is 5.76 Å². The molecule has 3 aromatic rings. The van der Waals surface area contributed by atoms with Crippen molar-refractivity contribution in [2.45, 2.75) is 38.8 Å². The fourth-order valence-electron chi connectivity index (χ4n) is 4.75. The Kier molecular flexibility index (Phi) is 7.62. The van der Waals surface area contributed by atoms with Gasteiger partial charge in [-0.05, 0) is 48.7 Å². The Morgan fingerprint density at radius 1 is 1.08 bits per heavy atom. The summed E-state index contributed by atoms with van der Waals surface area (Å²) in [6.45, 7) is 4.46. The second-order valence-corrected chi connectivity index (χ2v) is 9.28. The van der Waals surface area contributed by atoms with Crippen molar-refractivity contribution in [3.05, 3.63) is 77.9 Å². The fourth-order valence-corrected chi connectivity index (χ4v) is 4.75. The summed E-state index contributed by atoms with van der Waals surface area (Å²) >= 11 is 0. The van der Waals surface area contributed by atoms with Gasteiger partial charge in [-0.15, -0.1) is 0 Å². The molecule has 9 heteroatoms. The number of carbonyl (C=O) groups is 2. The number of carbonyl (C=O) groups excluding carboxylic acids is 2. The van der Waals surface area contributed by atoms with E-state index in [9.17, 15) is 14.7 Å². The maximum absolute atomic E-state index is 13.4. The van der Waals surface area contributed by atoms with Crippen LogP contribution in [0, 0.1) is 0 Å². The smallest absolute Gasteiger partial charge is 0.295 e. The molecular formula is C29H31N3O6. The summed E-state index contributed by atoms with van der Waals surface area (Å²) in [7, 11) is 0. The lowest BCUT2D eigenvalue weighted by atomic mass is 9.95. The summed E-state index contributed by atoms with van der Waals surface area (Å²) in [4.78, 5) is 32.3. The second kappa shape index (κ2) is 11.4. The molecule has 38 heavy (non-hydrogen) atoms. The molecule has 1 saturated heterocycles. The monoisotopic (exact) mass is 517 g/mol. The summed E-state index contributed by atoms with van der Waals surface area (Å²) in [5, 5.41) is 11.4. The highest BCUT2D eigenvalue weighted by Crippen LogP contribution is 2.41. The lowest BCUT2D eigenvalue weighted by molar-refractivity contribution is -0.139. The summed E-state index contributed by atoms with van der Waals surface area (Å²) in [6.07, 6.45) is 7.79. The van der Waals surface area contributed by atoms with E-state index in [2.05, 4.69) is 11.9 Å². The van der Waals surface area contributed by atoms with Gasteiger partial charge in [-0.1, -0.05) is 25.5 Å². The molecule has 2 aliphatic rings. The number of aliphatic hydroxyl groups excluding tert-OH is 1. The Balaban J connectivity index is 1.52. The quantitative estimate of drug-likeness (QED) is 0.185. The van der Waals surface area contributed by atoms with Crippen LogP contribution in [-0.4, -0.2) is 57.6 Å². The van der Waals surface area contributed by atoms with Crippen molar-refractivity contribution in [3.63, 3.8) is 0 Å². The van der Waals surface area contributed by atoms with Gasteiger partial charge in [0.25, 0.3) is 11.7 Å². The Labute approximate surface area is 221 Å². The first-order chi connectivity index (χ1) is 18.6. The number of aryl methyl sites for hydroxylation is 1. The van der Waals surface area contributed by atoms with E-state index in [4.69, 9.17) is 14.2 Å². The van der Waals surface area contributed by atoms with Crippen LogP contribution in [0.3, 0.4) is 0 Å². The van der Waals surface area contributed by atoms with E-state index in [0.29, 0.717) is 67.7 Å². The topological polar surface area (TPSA) is 103 Å². The molecule has 5 rings (SSSR count). The zero-order valence-corrected chi connectivity index (χ0v) is 21.3. The number of Topliss-reactive ketones (excluding diaryl/α,β-unsaturated/α-hetero) is 1. The number of aliphatic hydroxyl groups is 1. The van der Waals surface area contributed by atoms with Gasteiger partial charge >= 0.3 is 0 Å². The maximum Gasteiger partial charge on any atom is 0.295 e. The number of unbranched alkanes of at least 4 members (excludes halogenated alkanes) is 1. The number of hydrogen-bond acceptors (Lipinski definition) is 7. The molecule has 3 heterocycles. The van der Waals surface area contributed by atoms with E-state index in [1.807, 2.05) is 35.0 Å². The highest BCUT2D eigenvalue weighted by atomic mass is 16.6. The fraction of sp³-hybridized carbons (Fsp3) is 0.345. The number of fused-ring (bicyclic) bond motifs is 1. The van der Waals surface area contributed by atoms with Crippen molar-refractivity contribution in [2.24, 2.45) is 0 Å². The van der Waals surface area contributed by atoms with Gasteiger partial charge in [0, 0.05) is 31.0 Å². The predicted octanol–water partition coefficient (Wildman–Crippen LogP) is 4.35. The van der Waals surface area contributed by atoms with Crippen LogP contribution in [0.5, 0.6) is 17.2 Å². The number of imidazole rings is 1. The number of likely N-dealkylation sites (tertiary alicyclic amines) is 1. The lowest BCUT2D eigenvalue weighted by Gasteiger charge is -2.26. The van der Waals surface area contributed by atoms with E-state index < -0.39 is 17.7 Å². The van der Waals surface area contributed by atoms with Crippen molar-refractivity contribution < 1.29 is 28.9 Å². The largest absolute Gasteiger partial charge is 0.507 e. The number of benzene rings is 2. The minimum absolute atomic E-state index is 0.0417. The molecule has 1 amide bonds. The third-order valence-corrected chi connectivity index (χ3v) is 6.67. The number of ether oxygens (including phenoxy) is 3. The highest BCUT2D eigenvalue weighted by molar-refractivity contribution is 6.46. The first-order valence-corrected chi connectivity index (χ1v) is 12.9. The van der Waals surface area contributed by atoms with Crippen LogP contribution in [0.4, 0.5) is 0 Å². The zero-order chi connectivity index (χ0) is 26.5. The molecule has 0 saturated carbocycles. The van der Waals surface area contributed by atoms with Crippen LogP contribution in [-0.2, 0) is 16.1 Å². The standard InChI is InChI=1S/C29H31N3O6/c1-2-3-14-36-22-7-4-6-20(17-22)26-25(27(33)21-8-9-23-24(18-21)38-16-15-37-23)28(34)29(35)32(26)12-5-11-31-13-10-30-19-31/h4,6-10,13,17-19,26,33H,2-3,5,11-12,14-16H2,1H3/t26-/m0/s1. The van der Waals surface area contributed by atoms with Crippen LogP contribution in [0.2, 0.25) is 0 Å². The molecule has 9 nitrogen and oxygen atoms in total. The molecule has 2 aromatic carbocycles. The van der Waals surface area contributed by atoms with Gasteiger partial charge in [-0.3, -0.25) is 9.59 Å². The molecule has 2 aliphatic heterocycles. The van der Waals surface area contributed by atoms with Crippen molar-refractivity contribution in [2.75, 3.05) is 26.4 Å². The number of ketones is 1. The van der Waals surface area contributed by atoms with E-state index in [1.54, 1.807) is 30.7 Å². The SMILES string of the molecule is CCCCOc1cccc([C@H]2C(=C(O)c3ccc4c(c3)OCCO4)C(=O)C(=O)N2CCCn2ccnc2)c1. The molecule has 1 N–H and O–H groups in total. The summed E-state index contributed by atoms with van der Waals surface area (Å²) in [5.41, 5.74) is 1.12. The molecule has 0 unspecified atom stereocenters. The zero-order valence-electron chi connectivity index (χ0n) is 21.3. The van der Waals surface area contributed by atoms with Crippen molar-refractivity contribution in [1.82, 2.24) is 14.5 Å². The molecule has 198 valence electrons. The molecular weight excluding hydrogens is 486 g/mol. The highest BCUT2D eigenvalue weighted by Gasteiger charge is 2.46. The van der Waals surface area contributed by atoms with Gasteiger partial charge in [0.1, 0.15) is 24.7 Å². The van der Waals surface area contributed by atoms with Gasteiger partial charge in [-0.25, -0.2) is 4.98 Å². The van der Waals surface area contributed by atoms with Crippen molar-refractivity contribution >= 4 is 17.4 Å². The second-order valence-electron chi connectivity index (χ2n) is 9.28. The molecule has 1 fully saturated rings. The van der Waals surface area contributed by atoms with Crippen LogP contribution < -0.4 is 14.2 Å². The summed E-state index contributed by atoms with van der Waals surface area (Å²) < 4.78 is 19.1. The summed E-state index contributed by atoms with van der Waals surface area (Å²) in [6, 6.07) is 11.6. The normalized spacial score (nSPS) is 18.1. The number of aromatic nitrogens is 2. The van der Waals surface area contributed by atoms with Crippen LogP contribution >= 0.6 is 0 Å². The third-order valence-electron chi connectivity index (χ3n) is 6.67. The Morgan fingerprint density at radius 2 is 1.92 bits per heavy atom. The number of hydrogen-bond donors (Lipinski definition) is 1. The van der Waals surface area contributed by atoms with E-state index in [-0.39, 0.29) is 11.3 Å². The summed E-state index contributed by atoms with van der Waals surface area (Å²) in [5.74, 6) is 0.0948.